The fourth-order valence-electron chi connectivity index (χ4n) is 2.76. The lowest BCUT2D eigenvalue weighted by Gasteiger charge is -2.27. The van der Waals surface area contributed by atoms with Gasteiger partial charge in [0.1, 0.15) is 23.2 Å². The van der Waals surface area contributed by atoms with E-state index in [-0.39, 0.29) is 11.7 Å². The molecule has 0 spiro atoms. The predicted molar refractivity (Wildman–Crippen MR) is 94.2 cm³/mol. The van der Waals surface area contributed by atoms with E-state index in [0.717, 1.165) is 16.8 Å². The zero-order chi connectivity index (χ0) is 17.4. The van der Waals surface area contributed by atoms with Crippen LogP contribution in [0.1, 0.15) is 17.0 Å². The average Bonchev–Trinajstić information content (AvgIpc) is 2.55. The van der Waals surface area contributed by atoms with Crippen molar-refractivity contribution in [1.29, 1.82) is 5.26 Å². The van der Waals surface area contributed by atoms with Gasteiger partial charge in [-0.05, 0) is 39.7 Å². The smallest absolute Gasteiger partial charge is 0.205 e. The summed E-state index contributed by atoms with van der Waals surface area (Å²) in [6, 6.07) is 12.6. The highest BCUT2D eigenvalue weighted by atomic mass is 79.9. The van der Waals surface area contributed by atoms with Gasteiger partial charge in [0.15, 0.2) is 0 Å². The molecule has 1 atom stereocenters. The summed E-state index contributed by atoms with van der Waals surface area (Å²) in [7, 11) is 3.86. The Morgan fingerprint density at radius 2 is 2.00 bits per heavy atom. The molecule has 4 nitrogen and oxygen atoms in total. The largest absolute Gasteiger partial charge is 0.440 e. The molecule has 1 aliphatic rings. The van der Waals surface area contributed by atoms with Crippen LogP contribution in [0.3, 0.4) is 0 Å². The summed E-state index contributed by atoms with van der Waals surface area (Å²) in [4.78, 5) is 1.95. The normalized spacial score (nSPS) is 16.2. The molecule has 6 heteroatoms. The average molecular weight is 388 g/mol. The zero-order valence-corrected chi connectivity index (χ0v) is 14.8. The van der Waals surface area contributed by atoms with Gasteiger partial charge >= 0.3 is 0 Å². The van der Waals surface area contributed by atoms with Crippen LogP contribution in [-0.4, -0.2) is 14.1 Å². The third-order valence-corrected chi connectivity index (χ3v) is 4.60. The topological polar surface area (TPSA) is 62.3 Å². The lowest BCUT2D eigenvalue weighted by atomic mass is 9.83. The molecule has 0 aliphatic carbocycles. The lowest BCUT2D eigenvalue weighted by Crippen LogP contribution is -2.21. The molecular weight excluding hydrogens is 373 g/mol. The second-order valence-electron chi connectivity index (χ2n) is 5.71. The van der Waals surface area contributed by atoms with Gasteiger partial charge in [-0.1, -0.05) is 12.1 Å². The summed E-state index contributed by atoms with van der Waals surface area (Å²) < 4.78 is 19.6. The van der Waals surface area contributed by atoms with Gasteiger partial charge in [-0.3, -0.25) is 0 Å². The molecule has 0 saturated heterocycles. The second-order valence-corrected chi connectivity index (χ2v) is 6.57. The number of fused-ring (bicyclic) bond motifs is 1. The first-order chi connectivity index (χ1) is 11.4. The monoisotopic (exact) mass is 387 g/mol. The number of allylic oxidation sites excluding steroid dienone is 1. The zero-order valence-electron chi connectivity index (χ0n) is 13.2. The highest BCUT2D eigenvalue weighted by Gasteiger charge is 2.31. The Balaban J connectivity index is 2.20. The van der Waals surface area contributed by atoms with Crippen LogP contribution in [-0.2, 0) is 0 Å². The molecule has 2 aromatic carbocycles. The first-order valence-electron chi connectivity index (χ1n) is 7.26. The Bertz CT molecular complexity index is 886. The van der Waals surface area contributed by atoms with Crippen molar-refractivity contribution >= 4 is 21.6 Å². The van der Waals surface area contributed by atoms with E-state index < -0.39 is 5.92 Å². The summed E-state index contributed by atoms with van der Waals surface area (Å²) in [6.45, 7) is 0. The molecule has 0 amide bonds. The molecule has 0 fully saturated rings. The van der Waals surface area contributed by atoms with Crippen molar-refractivity contribution in [2.24, 2.45) is 5.73 Å². The summed E-state index contributed by atoms with van der Waals surface area (Å²) in [5.41, 5.74) is 8.83. The van der Waals surface area contributed by atoms with Gasteiger partial charge in [0.25, 0.3) is 0 Å². The Morgan fingerprint density at radius 1 is 1.25 bits per heavy atom. The van der Waals surface area contributed by atoms with Gasteiger partial charge in [-0.15, -0.1) is 0 Å². The maximum atomic E-state index is 13.6. The number of benzene rings is 2. The van der Waals surface area contributed by atoms with E-state index in [1.165, 1.54) is 6.07 Å². The highest BCUT2D eigenvalue weighted by molar-refractivity contribution is 9.10. The number of hydrogen-bond acceptors (Lipinski definition) is 4. The Kier molecular flexibility index (Phi) is 4.20. The van der Waals surface area contributed by atoms with E-state index in [1.807, 2.05) is 37.2 Å². The third-order valence-electron chi connectivity index (χ3n) is 4.00. The van der Waals surface area contributed by atoms with Gasteiger partial charge in [0.05, 0.1) is 10.4 Å². The molecule has 1 aliphatic heterocycles. The lowest BCUT2D eigenvalue weighted by molar-refractivity contribution is 0.394. The minimum atomic E-state index is -0.396. The van der Waals surface area contributed by atoms with Crippen molar-refractivity contribution in [2.45, 2.75) is 5.92 Å². The summed E-state index contributed by atoms with van der Waals surface area (Å²) in [6.07, 6.45) is 0. The van der Waals surface area contributed by atoms with Crippen molar-refractivity contribution in [3.63, 3.8) is 0 Å². The standard InChI is InChI=1S/C18H15BrFN3O/c1-23(2)11-4-5-12-16(8-11)24-18(22)13(9-21)17(12)10-3-6-15(20)14(19)7-10/h3-8,17H,22H2,1-2H3/t17-/m1/s1. The molecule has 3 rings (SSSR count). The predicted octanol–water partition coefficient (Wildman–Crippen LogP) is 3.87. The Labute approximate surface area is 148 Å². The van der Waals surface area contributed by atoms with Crippen LogP contribution in [0, 0.1) is 17.1 Å². The fraction of sp³-hybridized carbons (Fsp3) is 0.167. The molecule has 0 saturated carbocycles. The van der Waals surface area contributed by atoms with E-state index in [2.05, 4.69) is 22.0 Å². The van der Waals surface area contributed by atoms with Crippen molar-refractivity contribution in [1.82, 2.24) is 0 Å². The van der Waals surface area contributed by atoms with E-state index >= 15 is 0 Å². The van der Waals surface area contributed by atoms with Crippen LogP contribution in [0.15, 0.2) is 52.3 Å². The molecule has 2 aromatic rings. The number of ether oxygens (including phenoxy) is 1. The Hall–Kier alpha value is -2.52. The number of anilines is 1. The molecular formula is C18H15BrFN3O. The highest BCUT2D eigenvalue weighted by Crippen LogP contribution is 2.43. The maximum absolute atomic E-state index is 13.6. The number of rotatable bonds is 2. The molecule has 24 heavy (non-hydrogen) atoms. The fourth-order valence-corrected chi connectivity index (χ4v) is 3.15. The quantitative estimate of drug-likeness (QED) is 0.849. The first kappa shape index (κ1) is 16.3. The van der Waals surface area contributed by atoms with Crippen LogP contribution >= 0.6 is 15.9 Å². The van der Waals surface area contributed by atoms with Crippen LogP contribution in [0.4, 0.5) is 10.1 Å². The second kappa shape index (κ2) is 6.17. The van der Waals surface area contributed by atoms with Gasteiger partial charge in [0.2, 0.25) is 5.88 Å². The minimum Gasteiger partial charge on any atom is -0.440 e. The van der Waals surface area contributed by atoms with Crippen molar-refractivity contribution in [3.05, 3.63) is 69.3 Å². The number of nitrogens with zero attached hydrogens (tertiary/aromatic N) is 2. The summed E-state index contributed by atoms with van der Waals surface area (Å²) >= 11 is 3.20. The van der Waals surface area contributed by atoms with Crippen LogP contribution in [0.25, 0.3) is 0 Å². The summed E-state index contributed by atoms with van der Waals surface area (Å²) in [5, 5.41) is 9.52. The van der Waals surface area contributed by atoms with Gasteiger partial charge in [0, 0.05) is 31.4 Å². The number of hydrogen-bond donors (Lipinski definition) is 1. The van der Waals surface area contributed by atoms with Crippen LogP contribution in [0.2, 0.25) is 0 Å². The number of halogens is 2. The molecule has 0 radical (unpaired) electrons. The minimum absolute atomic E-state index is 0.0753. The van der Waals surface area contributed by atoms with Crippen molar-refractivity contribution in [3.8, 4) is 11.8 Å². The summed E-state index contributed by atoms with van der Waals surface area (Å²) in [5.74, 6) is -0.0780. The maximum Gasteiger partial charge on any atom is 0.205 e. The van der Waals surface area contributed by atoms with E-state index in [9.17, 15) is 9.65 Å². The molecule has 0 bridgehead atoms. The van der Waals surface area contributed by atoms with E-state index in [1.54, 1.807) is 12.1 Å². The number of nitriles is 1. The first-order valence-corrected chi connectivity index (χ1v) is 8.05. The van der Waals surface area contributed by atoms with E-state index in [4.69, 9.17) is 10.5 Å². The molecule has 0 aromatic heterocycles. The molecule has 122 valence electrons. The van der Waals surface area contributed by atoms with E-state index in [0.29, 0.717) is 15.8 Å². The van der Waals surface area contributed by atoms with Gasteiger partial charge < -0.3 is 15.4 Å². The number of nitrogens with two attached hydrogens (primary N) is 1. The van der Waals surface area contributed by atoms with Crippen molar-refractivity contribution in [2.75, 3.05) is 19.0 Å². The van der Waals surface area contributed by atoms with Crippen LogP contribution < -0.4 is 15.4 Å². The van der Waals surface area contributed by atoms with Crippen molar-refractivity contribution < 1.29 is 9.13 Å². The third kappa shape index (κ3) is 2.72. The SMILES string of the molecule is CN(C)c1ccc2c(c1)OC(N)=C(C#N)[C@@H]2c1ccc(F)c(Br)c1. The molecule has 0 unspecified atom stereocenters. The van der Waals surface area contributed by atoms with Crippen LogP contribution in [0.5, 0.6) is 5.75 Å². The molecule has 2 N–H and O–H groups in total. The van der Waals surface area contributed by atoms with Gasteiger partial charge in [-0.25, -0.2) is 4.39 Å². The van der Waals surface area contributed by atoms with Gasteiger partial charge in [-0.2, -0.15) is 5.26 Å². The molecule has 1 heterocycles. The Morgan fingerprint density at radius 3 is 2.62 bits per heavy atom.